The molecule has 0 aliphatic heterocycles. The quantitative estimate of drug-likeness (QED) is 0.710. The number of benzene rings is 1. The number of methoxy groups -OCH3 is 1. The third kappa shape index (κ3) is 2.43. The van der Waals surface area contributed by atoms with Gasteiger partial charge in [-0.2, -0.15) is 0 Å². The standard InChI is InChI=1S/C14H20O2/c1-5-6-7-12-11(3)13(9-15)10(2)8-14(12)16-4/h8-9H,5-7H2,1-4H3. The largest absolute Gasteiger partial charge is 0.496 e. The smallest absolute Gasteiger partial charge is 0.150 e. The summed E-state index contributed by atoms with van der Waals surface area (Å²) in [7, 11) is 1.68. The molecular formula is C14H20O2. The highest BCUT2D eigenvalue weighted by molar-refractivity contribution is 5.81. The van der Waals surface area contributed by atoms with Gasteiger partial charge >= 0.3 is 0 Å². The van der Waals surface area contributed by atoms with Crippen LogP contribution >= 0.6 is 0 Å². The lowest BCUT2D eigenvalue weighted by Gasteiger charge is -2.15. The monoisotopic (exact) mass is 220 g/mol. The van der Waals surface area contributed by atoms with Gasteiger partial charge in [0, 0.05) is 5.56 Å². The van der Waals surface area contributed by atoms with Crippen molar-refractivity contribution in [3.05, 3.63) is 28.3 Å². The molecule has 2 heteroatoms. The van der Waals surface area contributed by atoms with Crippen LogP contribution in [-0.2, 0) is 6.42 Å². The van der Waals surface area contributed by atoms with Gasteiger partial charge in [-0.25, -0.2) is 0 Å². The summed E-state index contributed by atoms with van der Waals surface area (Å²) in [5.74, 6) is 0.911. The van der Waals surface area contributed by atoms with E-state index in [1.54, 1.807) is 7.11 Å². The normalized spacial score (nSPS) is 10.2. The van der Waals surface area contributed by atoms with E-state index in [4.69, 9.17) is 4.74 Å². The Morgan fingerprint density at radius 2 is 2.06 bits per heavy atom. The van der Waals surface area contributed by atoms with E-state index in [0.717, 1.165) is 48.0 Å². The first kappa shape index (κ1) is 12.8. The van der Waals surface area contributed by atoms with E-state index in [9.17, 15) is 4.79 Å². The molecule has 0 saturated carbocycles. The summed E-state index contributed by atoms with van der Waals surface area (Å²) in [6, 6.07) is 1.96. The van der Waals surface area contributed by atoms with Crippen molar-refractivity contribution in [2.45, 2.75) is 40.0 Å². The molecule has 88 valence electrons. The number of rotatable bonds is 5. The fraction of sp³-hybridized carbons (Fsp3) is 0.500. The Hall–Kier alpha value is -1.31. The molecule has 0 aliphatic rings. The summed E-state index contributed by atoms with van der Waals surface area (Å²) in [5, 5.41) is 0. The van der Waals surface area contributed by atoms with E-state index in [-0.39, 0.29) is 0 Å². The van der Waals surface area contributed by atoms with Gasteiger partial charge in [-0.15, -0.1) is 0 Å². The number of ether oxygens (including phenoxy) is 1. The molecule has 0 aliphatic carbocycles. The van der Waals surface area contributed by atoms with Crippen molar-refractivity contribution in [3.63, 3.8) is 0 Å². The zero-order valence-electron chi connectivity index (χ0n) is 10.6. The minimum atomic E-state index is 0.812. The summed E-state index contributed by atoms with van der Waals surface area (Å²) in [4.78, 5) is 11.0. The average molecular weight is 220 g/mol. The van der Waals surface area contributed by atoms with Crippen LogP contribution in [0.2, 0.25) is 0 Å². The van der Waals surface area contributed by atoms with Crippen LogP contribution in [0.4, 0.5) is 0 Å². The van der Waals surface area contributed by atoms with E-state index >= 15 is 0 Å². The Balaban J connectivity index is 3.25. The highest BCUT2D eigenvalue weighted by Crippen LogP contribution is 2.28. The van der Waals surface area contributed by atoms with Gasteiger partial charge < -0.3 is 4.74 Å². The lowest BCUT2D eigenvalue weighted by atomic mass is 9.94. The lowest BCUT2D eigenvalue weighted by molar-refractivity contribution is 0.112. The minimum Gasteiger partial charge on any atom is -0.496 e. The van der Waals surface area contributed by atoms with Gasteiger partial charge in [-0.1, -0.05) is 13.3 Å². The van der Waals surface area contributed by atoms with Crippen molar-refractivity contribution in [1.29, 1.82) is 0 Å². The fourth-order valence-corrected chi connectivity index (χ4v) is 2.03. The number of hydrogen-bond donors (Lipinski definition) is 0. The van der Waals surface area contributed by atoms with Crippen LogP contribution in [0.3, 0.4) is 0 Å². The zero-order valence-corrected chi connectivity index (χ0v) is 10.6. The second-order valence-electron chi connectivity index (χ2n) is 4.13. The van der Waals surface area contributed by atoms with Crippen molar-refractivity contribution in [3.8, 4) is 5.75 Å². The minimum absolute atomic E-state index is 0.812. The number of carbonyl (C=O) groups excluding carboxylic acids is 1. The summed E-state index contributed by atoms with van der Waals surface area (Å²) in [6.07, 6.45) is 4.19. The summed E-state index contributed by atoms with van der Waals surface area (Å²) in [5.41, 5.74) is 4.05. The maximum atomic E-state index is 11.0. The predicted molar refractivity (Wildman–Crippen MR) is 66.5 cm³/mol. The van der Waals surface area contributed by atoms with Gasteiger partial charge in [0.15, 0.2) is 6.29 Å². The second kappa shape index (κ2) is 5.69. The Bertz CT molecular complexity index is 381. The SMILES string of the molecule is CCCCc1c(OC)cc(C)c(C=O)c1C. The predicted octanol–water partition coefficient (Wildman–Crippen LogP) is 3.47. The van der Waals surface area contributed by atoms with E-state index < -0.39 is 0 Å². The van der Waals surface area contributed by atoms with Gasteiger partial charge in [-0.05, 0) is 49.4 Å². The van der Waals surface area contributed by atoms with Crippen molar-refractivity contribution < 1.29 is 9.53 Å². The molecule has 0 amide bonds. The molecule has 1 aromatic rings. The molecule has 0 fully saturated rings. The van der Waals surface area contributed by atoms with Crippen LogP contribution in [0, 0.1) is 13.8 Å². The molecule has 0 heterocycles. The van der Waals surface area contributed by atoms with Gasteiger partial charge in [0.1, 0.15) is 5.75 Å². The Labute approximate surface area is 97.6 Å². The zero-order chi connectivity index (χ0) is 12.1. The van der Waals surface area contributed by atoms with Crippen LogP contribution in [0.1, 0.15) is 46.8 Å². The molecule has 1 aromatic carbocycles. The number of aryl methyl sites for hydroxylation is 1. The first-order valence-corrected chi connectivity index (χ1v) is 5.77. The van der Waals surface area contributed by atoms with Crippen molar-refractivity contribution in [2.75, 3.05) is 7.11 Å². The number of aldehydes is 1. The van der Waals surface area contributed by atoms with Gasteiger partial charge in [0.05, 0.1) is 7.11 Å². The van der Waals surface area contributed by atoms with E-state index in [2.05, 4.69) is 6.92 Å². The van der Waals surface area contributed by atoms with Gasteiger partial charge in [0.25, 0.3) is 0 Å². The lowest BCUT2D eigenvalue weighted by Crippen LogP contribution is -2.02. The van der Waals surface area contributed by atoms with Crippen LogP contribution in [0.25, 0.3) is 0 Å². The molecular weight excluding hydrogens is 200 g/mol. The molecule has 1 rings (SSSR count). The highest BCUT2D eigenvalue weighted by Gasteiger charge is 2.12. The van der Waals surface area contributed by atoms with Crippen LogP contribution in [-0.4, -0.2) is 13.4 Å². The third-order valence-electron chi connectivity index (χ3n) is 3.04. The first-order valence-electron chi connectivity index (χ1n) is 5.77. The molecule has 0 atom stereocenters. The molecule has 2 nitrogen and oxygen atoms in total. The van der Waals surface area contributed by atoms with Gasteiger partial charge in [0.2, 0.25) is 0 Å². The Morgan fingerprint density at radius 1 is 1.38 bits per heavy atom. The number of unbranched alkanes of at least 4 members (excludes halogenated alkanes) is 1. The molecule has 0 radical (unpaired) electrons. The van der Waals surface area contributed by atoms with E-state index in [0.29, 0.717) is 0 Å². The Morgan fingerprint density at radius 3 is 2.56 bits per heavy atom. The molecule has 0 N–H and O–H groups in total. The van der Waals surface area contributed by atoms with E-state index in [1.165, 1.54) is 5.56 Å². The first-order chi connectivity index (χ1) is 7.65. The third-order valence-corrected chi connectivity index (χ3v) is 3.04. The molecule has 0 spiro atoms. The van der Waals surface area contributed by atoms with Crippen molar-refractivity contribution in [1.82, 2.24) is 0 Å². The maximum Gasteiger partial charge on any atom is 0.150 e. The van der Waals surface area contributed by atoms with Crippen LogP contribution < -0.4 is 4.74 Å². The van der Waals surface area contributed by atoms with E-state index in [1.807, 2.05) is 19.9 Å². The van der Waals surface area contributed by atoms with Crippen LogP contribution in [0.15, 0.2) is 6.07 Å². The summed E-state index contributed by atoms with van der Waals surface area (Å²) >= 11 is 0. The van der Waals surface area contributed by atoms with Crippen molar-refractivity contribution in [2.24, 2.45) is 0 Å². The summed E-state index contributed by atoms with van der Waals surface area (Å²) in [6.45, 7) is 6.11. The topological polar surface area (TPSA) is 26.3 Å². The molecule has 16 heavy (non-hydrogen) atoms. The van der Waals surface area contributed by atoms with Crippen molar-refractivity contribution >= 4 is 6.29 Å². The maximum absolute atomic E-state index is 11.0. The molecule has 0 bridgehead atoms. The fourth-order valence-electron chi connectivity index (χ4n) is 2.03. The summed E-state index contributed by atoms with van der Waals surface area (Å²) < 4.78 is 5.39. The number of hydrogen-bond acceptors (Lipinski definition) is 2. The molecule has 0 saturated heterocycles. The Kier molecular flexibility index (Phi) is 4.53. The second-order valence-corrected chi connectivity index (χ2v) is 4.13. The van der Waals surface area contributed by atoms with Gasteiger partial charge in [-0.3, -0.25) is 4.79 Å². The highest BCUT2D eigenvalue weighted by atomic mass is 16.5. The van der Waals surface area contributed by atoms with Crippen LogP contribution in [0.5, 0.6) is 5.75 Å². The average Bonchev–Trinajstić information content (AvgIpc) is 2.28. The molecule has 0 unspecified atom stereocenters. The molecule has 0 aromatic heterocycles. The number of carbonyl (C=O) groups is 1.